The van der Waals surface area contributed by atoms with Crippen LogP contribution in [0.25, 0.3) is 37.2 Å². The van der Waals surface area contributed by atoms with E-state index in [2.05, 4.69) is 21.5 Å². The fourth-order valence-corrected chi connectivity index (χ4v) is 4.41. The van der Waals surface area contributed by atoms with Gasteiger partial charge in [0.2, 0.25) is 5.91 Å². The number of imidazole rings is 1. The number of rotatable bonds is 0. The van der Waals surface area contributed by atoms with E-state index in [0.29, 0.717) is 0 Å². The Balaban J connectivity index is 2.15. The Bertz CT molecular complexity index is 1210. The van der Waals surface area contributed by atoms with Crippen LogP contribution in [-0.4, -0.2) is 19.9 Å². The first-order chi connectivity index (χ1) is 10.8. The quantitative estimate of drug-likeness (QED) is 0.427. The van der Waals surface area contributed by atoms with Gasteiger partial charge in [-0.05, 0) is 18.2 Å². The molecule has 0 aliphatic rings. The minimum atomic E-state index is 0.0278. The Morgan fingerprint density at radius 1 is 1.05 bits per heavy atom. The zero-order chi connectivity index (χ0) is 14.8. The third-order valence-corrected chi connectivity index (χ3v) is 5.09. The molecule has 4 nitrogen and oxygen atoms in total. The van der Waals surface area contributed by atoms with Crippen molar-refractivity contribution in [2.24, 2.45) is 0 Å². The molecule has 0 amide bonds. The standard InChI is InChI=1S/C17H11N3OS/c1-10(21)19-13-8-4-2-6-11(13)15-16(19)22-17-18-12-7-3-5-9-14(12)20(15)17/h2-9H,1H3. The lowest BCUT2D eigenvalue weighted by Crippen LogP contribution is -2.03. The molecule has 0 radical (unpaired) electrons. The molecule has 5 heteroatoms. The molecule has 5 aromatic rings. The summed E-state index contributed by atoms with van der Waals surface area (Å²) in [4.78, 5) is 18.7. The number of para-hydroxylation sites is 3. The molecule has 0 N–H and O–H groups in total. The normalized spacial score (nSPS) is 12.0. The Morgan fingerprint density at radius 3 is 2.59 bits per heavy atom. The van der Waals surface area contributed by atoms with Crippen LogP contribution in [0.1, 0.15) is 11.7 Å². The highest BCUT2D eigenvalue weighted by molar-refractivity contribution is 7.23. The maximum Gasteiger partial charge on any atom is 0.229 e. The molecule has 0 unspecified atom stereocenters. The van der Waals surface area contributed by atoms with E-state index < -0.39 is 0 Å². The molecule has 0 saturated heterocycles. The van der Waals surface area contributed by atoms with Gasteiger partial charge >= 0.3 is 0 Å². The first-order valence-corrected chi connectivity index (χ1v) is 7.87. The molecule has 0 spiro atoms. The highest BCUT2D eigenvalue weighted by Gasteiger charge is 2.20. The van der Waals surface area contributed by atoms with Crippen molar-refractivity contribution < 1.29 is 4.79 Å². The number of benzene rings is 2. The van der Waals surface area contributed by atoms with Crippen molar-refractivity contribution in [1.29, 1.82) is 0 Å². The van der Waals surface area contributed by atoms with Gasteiger partial charge in [0.25, 0.3) is 0 Å². The Hall–Kier alpha value is -2.66. The zero-order valence-electron chi connectivity index (χ0n) is 11.8. The molecular formula is C17H11N3OS. The van der Waals surface area contributed by atoms with Gasteiger partial charge in [-0.2, -0.15) is 0 Å². The summed E-state index contributed by atoms with van der Waals surface area (Å²) in [6, 6.07) is 16.1. The van der Waals surface area contributed by atoms with Gasteiger partial charge < -0.3 is 0 Å². The van der Waals surface area contributed by atoms with E-state index in [-0.39, 0.29) is 5.91 Å². The number of carbonyl (C=O) groups excluding carboxylic acids is 1. The van der Waals surface area contributed by atoms with Gasteiger partial charge in [-0.15, -0.1) is 0 Å². The van der Waals surface area contributed by atoms with Gasteiger partial charge in [-0.25, -0.2) is 4.98 Å². The number of hydrogen-bond donors (Lipinski definition) is 0. The molecule has 0 saturated carbocycles. The van der Waals surface area contributed by atoms with Crippen molar-refractivity contribution >= 4 is 54.5 Å². The molecule has 3 aromatic heterocycles. The average molecular weight is 305 g/mol. The topological polar surface area (TPSA) is 39.3 Å². The summed E-state index contributed by atoms with van der Waals surface area (Å²) in [7, 11) is 0. The number of nitrogens with zero attached hydrogens (tertiary/aromatic N) is 3. The number of hydrogen-bond acceptors (Lipinski definition) is 3. The SMILES string of the molecule is CC(=O)n1c2ccccc2c2c1sc1nc3ccccc3n12. The second-order valence-electron chi connectivity index (χ2n) is 5.35. The third kappa shape index (κ3) is 1.31. The van der Waals surface area contributed by atoms with Crippen LogP contribution in [0.5, 0.6) is 0 Å². The minimum Gasteiger partial charge on any atom is -0.281 e. The summed E-state index contributed by atoms with van der Waals surface area (Å²) < 4.78 is 3.95. The lowest BCUT2D eigenvalue weighted by molar-refractivity contribution is 0.0947. The van der Waals surface area contributed by atoms with Crippen LogP contribution in [0, 0.1) is 0 Å². The van der Waals surface area contributed by atoms with E-state index in [1.807, 2.05) is 36.4 Å². The van der Waals surface area contributed by atoms with E-state index in [0.717, 1.165) is 37.2 Å². The van der Waals surface area contributed by atoms with Crippen LogP contribution in [-0.2, 0) is 0 Å². The molecular weight excluding hydrogens is 294 g/mol. The lowest BCUT2D eigenvalue weighted by Gasteiger charge is -1.98. The summed E-state index contributed by atoms with van der Waals surface area (Å²) in [5.41, 5.74) is 4.08. The predicted octanol–water partition coefficient (Wildman–Crippen LogP) is 4.32. The minimum absolute atomic E-state index is 0.0278. The molecule has 0 fully saturated rings. The first-order valence-electron chi connectivity index (χ1n) is 7.06. The molecule has 0 aliphatic heterocycles. The fraction of sp³-hybridized carbons (Fsp3) is 0.0588. The number of thiazole rings is 1. The van der Waals surface area contributed by atoms with E-state index in [4.69, 9.17) is 0 Å². The summed E-state index contributed by atoms with van der Waals surface area (Å²) >= 11 is 1.56. The highest BCUT2D eigenvalue weighted by Crippen LogP contribution is 2.37. The van der Waals surface area contributed by atoms with Gasteiger partial charge in [0.05, 0.1) is 22.1 Å². The van der Waals surface area contributed by atoms with Crippen molar-refractivity contribution in [2.45, 2.75) is 6.92 Å². The molecule has 2 aromatic carbocycles. The Morgan fingerprint density at radius 2 is 1.77 bits per heavy atom. The highest BCUT2D eigenvalue weighted by atomic mass is 32.1. The lowest BCUT2D eigenvalue weighted by atomic mass is 10.2. The molecule has 106 valence electrons. The van der Waals surface area contributed by atoms with Crippen LogP contribution >= 0.6 is 11.3 Å². The maximum absolute atomic E-state index is 12.1. The third-order valence-electron chi connectivity index (χ3n) is 4.06. The summed E-state index contributed by atoms with van der Waals surface area (Å²) in [5, 5.41) is 1.09. The monoisotopic (exact) mass is 305 g/mol. The van der Waals surface area contributed by atoms with Crippen molar-refractivity contribution in [3.05, 3.63) is 48.5 Å². The van der Waals surface area contributed by atoms with Crippen molar-refractivity contribution in [2.75, 3.05) is 0 Å². The fourth-order valence-electron chi connectivity index (χ4n) is 3.20. The number of carbonyl (C=O) groups is 1. The number of fused-ring (bicyclic) bond motifs is 7. The Labute approximate surface area is 129 Å². The van der Waals surface area contributed by atoms with Crippen LogP contribution in [0.4, 0.5) is 0 Å². The van der Waals surface area contributed by atoms with Crippen molar-refractivity contribution in [1.82, 2.24) is 14.0 Å². The summed E-state index contributed by atoms with van der Waals surface area (Å²) in [5.74, 6) is 0.0278. The van der Waals surface area contributed by atoms with Crippen molar-refractivity contribution in [3.63, 3.8) is 0 Å². The van der Waals surface area contributed by atoms with Crippen molar-refractivity contribution in [3.8, 4) is 0 Å². The second kappa shape index (κ2) is 3.96. The van der Waals surface area contributed by atoms with Crippen LogP contribution < -0.4 is 0 Å². The zero-order valence-corrected chi connectivity index (χ0v) is 12.6. The smallest absolute Gasteiger partial charge is 0.229 e. The maximum atomic E-state index is 12.1. The van der Waals surface area contributed by atoms with Gasteiger partial charge in [0.1, 0.15) is 4.83 Å². The van der Waals surface area contributed by atoms with Gasteiger partial charge in [-0.1, -0.05) is 41.7 Å². The van der Waals surface area contributed by atoms with Crippen LogP contribution in [0.15, 0.2) is 48.5 Å². The van der Waals surface area contributed by atoms with Gasteiger partial charge in [0, 0.05) is 12.3 Å². The molecule has 5 rings (SSSR count). The molecule has 0 bridgehead atoms. The molecule has 0 atom stereocenters. The van der Waals surface area contributed by atoms with Crippen LogP contribution in [0.3, 0.4) is 0 Å². The first kappa shape index (κ1) is 11.9. The predicted molar refractivity (Wildman–Crippen MR) is 89.9 cm³/mol. The van der Waals surface area contributed by atoms with E-state index in [1.54, 1.807) is 22.8 Å². The summed E-state index contributed by atoms with van der Waals surface area (Å²) in [6.45, 7) is 1.60. The van der Waals surface area contributed by atoms with Crippen LogP contribution in [0.2, 0.25) is 0 Å². The van der Waals surface area contributed by atoms with E-state index >= 15 is 0 Å². The molecule has 22 heavy (non-hydrogen) atoms. The molecule has 3 heterocycles. The van der Waals surface area contributed by atoms with Gasteiger partial charge in [-0.3, -0.25) is 13.8 Å². The average Bonchev–Trinajstić information content (AvgIpc) is 3.12. The summed E-state index contributed by atoms with van der Waals surface area (Å²) in [6.07, 6.45) is 0. The van der Waals surface area contributed by atoms with E-state index in [9.17, 15) is 4.79 Å². The molecule has 0 aliphatic carbocycles. The van der Waals surface area contributed by atoms with Gasteiger partial charge in [0.15, 0.2) is 4.96 Å². The Kier molecular flexibility index (Phi) is 2.15. The number of aromatic nitrogens is 3. The van der Waals surface area contributed by atoms with E-state index in [1.165, 1.54) is 0 Å². The largest absolute Gasteiger partial charge is 0.281 e. The second-order valence-corrected chi connectivity index (χ2v) is 6.30.